The number of aromatic nitrogens is 2. The van der Waals surface area contributed by atoms with E-state index in [9.17, 15) is 0 Å². The maximum Gasteiger partial charge on any atom is 0.218 e. The van der Waals surface area contributed by atoms with E-state index in [1.165, 1.54) is 0 Å². The van der Waals surface area contributed by atoms with Gasteiger partial charge in [-0.2, -0.15) is 0 Å². The zero-order valence-corrected chi connectivity index (χ0v) is 13.5. The Morgan fingerprint density at radius 1 is 1.20 bits per heavy atom. The first-order valence-electron chi connectivity index (χ1n) is 6.44. The molecule has 0 aliphatic carbocycles. The number of fused-ring (bicyclic) bond motifs is 1. The molecule has 0 saturated heterocycles. The number of likely N-dealkylation sites (N-methyl/N-ethyl adjacent to an activating group) is 1. The highest BCUT2D eigenvalue weighted by Crippen LogP contribution is 2.18. The number of nitrogens with two attached hydrogens (primary N) is 1. The summed E-state index contributed by atoms with van der Waals surface area (Å²) >= 11 is 0. The molecular formula is C13H23Cl2N5. The maximum absolute atomic E-state index is 5.54. The second-order valence-electron chi connectivity index (χ2n) is 4.25. The number of hydrazine groups is 1. The Bertz CT molecular complexity index is 510. The molecule has 0 amide bonds. The average molecular weight is 320 g/mol. The van der Waals surface area contributed by atoms with E-state index in [0.29, 0.717) is 0 Å². The van der Waals surface area contributed by atoms with E-state index in [2.05, 4.69) is 39.8 Å². The summed E-state index contributed by atoms with van der Waals surface area (Å²) in [6, 6.07) is 8.10. The lowest BCUT2D eigenvalue weighted by atomic mass is 10.3. The minimum absolute atomic E-state index is 0. The fraction of sp³-hybridized carbons (Fsp3) is 0.462. The number of imidazole rings is 1. The summed E-state index contributed by atoms with van der Waals surface area (Å²) in [6.07, 6.45) is 0. The summed E-state index contributed by atoms with van der Waals surface area (Å²) in [6.45, 7) is 8.38. The molecular weight excluding hydrogens is 297 g/mol. The SMILES string of the molecule is CCN(CC)CCn1c(NN)nc2ccccc21.Cl.Cl. The quantitative estimate of drug-likeness (QED) is 0.634. The van der Waals surface area contributed by atoms with Gasteiger partial charge in [-0.1, -0.05) is 26.0 Å². The Morgan fingerprint density at radius 2 is 1.85 bits per heavy atom. The first-order valence-corrected chi connectivity index (χ1v) is 6.44. The van der Waals surface area contributed by atoms with Crippen LogP contribution in [0, 0.1) is 0 Å². The largest absolute Gasteiger partial charge is 0.308 e. The number of rotatable bonds is 6. The minimum Gasteiger partial charge on any atom is -0.308 e. The molecule has 1 aromatic carbocycles. The molecule has 0 aliphatic rings. The zero-order valence-electron chi connectivity index (χ0n) is 11.9. The van der Waals surface area contributed by atoms with Gasteiger partial charge in [0.15, 0.2) is 0 Å². The van der Waals surface area contributed by atoms with Crippen molar-refractivity contribution in [1.82, 2.24) is 14.5 Å². The Labute approximate surface area is 132 Å². The van der Waals surface area contributed by atoms with Crippen LogP contribution in [0.4, 0.5) is 5.95 Å². The van der Waals surface area contributed by atoms with Gasteiger partial charge in [0.05, 0.1) is 11.0 Å². The van der Waals surface area contributed by atoms with E-state index in [4.69, 9.17) is 5.84 Å². The predicted octanol–water partition coefficient (Wildman–Crippen LogP) is 2.51. The number of para-hydroxylation sites is 2. The topological polar surface area (TPSA) is 59.1 Å². The number of nitrogens with zero attached hydrogens (tertiary/aromatic N) is 3. The molecule has 20 heavy (non-hydrogen) atoms. The lowest BCUT2D eigenvalue weighted by Crippen LogP contribution is -2.27. The standard InChI is InChI=1S/C13H21N5.2ClH/c1-3-17(4-2)9-10-18-12-8-6-5-7-11(12)15-13(18)16-14;;/h5-8H,3-4,9-10,14H2,1-2H3,(H,15,16);2*1H. The summed E-state index contributed by atoms with van der Waals surface area (Å²) in [4.78, 5) is 6.85. The number of nitrogen functional groups attached to an aromatic ring is 1. The monoisotopic (exact) mass is 319 g/mol. The minimum atomic E-state index is 0. The van der Waals surface area contributed by atoms with Crippen LogP contribution in [0.15, 0.2) is 24.3 Å². The normalized spacial score (nSPS) is 10.2. The highest BCUT2D eigenvalue weighted by Gasteiger charge is 2.09. The third-order valence-corrected chi connectivity index (χ3v) is 3.32. The second-order valence-corrected chi connectivity index (χ2v) is 4.25. The van der Waals surface area contributed by atoms with Crippen molar-refractivity contribution >= 4 is 41.8 Å². The van der Waals surface area contributed by atoms with Crippen LogP contribution in [-0.2, 0) is 6.54 Å². The third kappa shape index (κ3) is 3.99. The number of hydrogen-bond acceptors (Lipinski definition) is 4. The average Bonchev–Trinajstić information content (AvgIpc) is 2.78. The first kappa shape index (κ1) is 19.0. The predicted molar refractivity (Wildman–Crippen MR) is 89.8 cm³/mol. The summed E-state index contributed by atoms with van der Waals surface area (Å²) in [7, 11) is 0. The first-order chi connectivity index (χ1) is 8.80. The lowest BCUT2D eigenvalue weighted by molar-refractivity contribution is 0.292. The molecule has 114 valence electrons. The smallest absolute Gasteiger partial charge is 0.218 e. The van der Waals surface area contributed by atoms with Crippen molar-refractivity contribution in [3.63, 3.8) is 0 Å². The van der Waals surface area contributed by atoms with Crippen LogP contribution in [0.25, 0.3) is 11.0 Å². The Kier molecular flexibility index (Phi) is 8.57. The van der Waals surface area contributed by atoms with Crippen molar-refractivity contribution in [1.29, 1.82) is 0 Å². The van der Waals surface area contributed by atoms with E-state index in [-0.39, 0.29) is 24.8 Å². The number of anilines is 1. The molecule has 0 fully saturated rings. The van der Waals surface area contributed by atoms with Crippen LogP contribution in [0.3, 0.4) is 0 Å². The molecule has 5 nitrogen and oxygen atoms in total. The van der Waals surface area contributed by atoms with Crippen LogP contribution in [0.1, 0.15) is 13.8 Å². The van der Waals surface area contributed by atoms with Crippen molar-refractivity contribution in [2.24, 2.45) is 5.84 Å². The fourth-order valence-electron chi connectivity index (χ4n) is 2.19. The Hall–Kier alpha value is -1.01. The summed E-state index contributed by atoms with van der Waals surface area (Å²) in [5, 5.41) is 0. The molecule has 0 radical (unpaired) electrons. The third-order valence-electron chi connectivity index (χ3n) is 3.32. The lowest BCUT2D eigenvalue weighted by Gasteiger charge is -2.19. The summed E-state index contributed by atoms with van der Waals surface area (Å²) in [5.74, 6) is 6.26. The van der Waals surface area contributed by atoms with Crippen molar-refractivity contribution in [3.05, 3.63) is 24.3 Å². The van der Waals surface area contributed by atoms with Gasteiger partial charge in [0.2, 0.25) is 5.95 Å². The molecule has 0 atom stereocenters. The van der Waals surface area contributed by atoms with Crippen molar-refractivity contribution in [3.8, 4) is 0 Å². The molecule has 0 saturated carbocycles. The molecule has 1 aromatic heterocycles. The van der Waals surface area contributed by atoms with E-state index in [1.807, 2.05) is 18.2 Å². The van der Waals surface area contributed by atoms with E-state index >= 15 is 0 Å². The number of hydrogen-bond donors (Lipinski definition) is 2. The van der Waals surface area contributed by atoms with Crippen LogP contribution in [0.2, 0.25) is 0 Å². The van der Waals surface area contributed by atoms with Gasteiger partial charge in [0, 0.05) is 13.1 Å². The van der Waals surface area contributed by atoms with Crippen molar-refractivity contribution < 1.29 is 0 Å². The van der Waals surface area contributed by atoms with Crippen molar-refractivity contribution in [2.45, 2.75) is 20.4 Å². The molecule has 1 heterocycles. The van der Waals surface area contributed by atoms with Gasteiger partial charge >= 0.3 is 0 Å². The van der Waals surface area contributed by atoms with E-state index in [1.54, 1.807) is 0 Å². The molecule has 2 rings (SSSR count). The highest BCUT2D eigenvalue weighted by atomic mass is 35.5. The van der Waals surface area contributed by atoms with Crippen LogP contribution >= 0.6 is 24.8 Å². The van der Waals surface area contributed by atoms with Gasteiger partial charge in [-0.15, -0.1) is 24.8 Å². The van der Waals surface area contributed by atoms with Gasteiger partial charge in [0.1, 0.15) is 0 Å². The fourth-order valence-corrected chi connectivity index (χ4v) is 2.19. The zero-order chi connectivity index (χ0) is 13.0. The van der Waals surface area contributed by atoms with Gasteiger partial charge in [-0.05, 0) is 25.2 Å². The van der Waals surface area contributed by atoms with Crippen LogP contribution in [-0.4, -0.2) is 34.1 Å². The maximum atomic E-state index is 5.54. The molecule has 3 N–H and O–H groups in total. The summed E-state index contributed by atoms with van der Waals surface area (Å²) in [5.41, 5.74) is 4.78. The van der Waals surface area contributed by atoms with Gasteiger partial charge < -0.3 is 9.47 Å². The second kappa shape index (κ2) is 9.02. The number of nitrogens with one attached hydrogen (secondary N) is 1. The Morgan fingerprint density at radius 3 is 2.45 bits per heavy atom. The molecule has 0 unspecified atom stereocenters. The highest BCUT2D eigenvalue weighted by molar-refractivity contribution is 5.85. The number of halogens is 2. The van der Waals surface area contributed by atoms with Crippen molar-refractivity contribution in [2.75, 3.05) is 25.1 Å². The molecule has 2 aromatic rings. The van der Waals surface area contributed by atoms with Gasteiger partial charge in [-0.3, -0.25) is 5.43 Å². The van der Waals surface area contributed by atoms with Crippen LogP contribution in [0.5, 0.6) is 0 Å². The van der Waals surface area contributed by atoms with E-state index < -0.39 is 0 Å². The Balaban J connectivity index is 0.00000180. The van der Waals surface area contributed by atoms with Crippen LogP contribution < -0.4 is 11.3 Å². The molecule has 0 bridgehead atoms. The molecule has 0 aliphatic heterocycles. The summed E-state index contributed by atoms with van der Waals surface area (Å²) < 4.78 is 2.13. The molecule has 7 heteroatoms. The van der Waals surface area contributed by atoms with Gasteiger partial charge in [0.25, 0.3) is 0 Å². The van der Waals surface area contributed by atoms with Gasteiger partial charge in [-0.25, -0.2) is 10.8 Å². The number of benzene rings is 1. The van der Waals surface area contributed by atoms with E-state index in [0.717, 1.165) is 43.2 Å². The molecule has 0 spiro atoms.